The van der Waals surface area contributed by atoms with Gasteiger partial charge in [0.15, 0.2) is 11.6 Å². The molecule has 0 aliphatic carbocycles. The van der Waals surface area contributed by atoms with Crippen molar-refractivity contribution in [1.82, 2.24) is 9.97 Å². The minimum Gasteiger partial charge on any atom is -0.372 e. The van der Waals surface area contributed by atoms with Crippen molar-refractivity contribution in [3.8, 4) is 0 Å². The Morgan fingerprint density at radius 3 is 3.00 bits per heavy atom. The molecule has 1 aromatic rings. The van der Waals surface area contributed by atoms with Gasteiger partial charge in [0.25, 0.3) is 0 Å². The topological polar surface area (TPSA) is 50.3 Å². The quantitative estimate of drug-likeness (QED) is 0.889. The largest absolute Gasteiger partial charge is 0.372 e. The van der Waals surface area contributed by atoms with Crippen LogP contribution < -0.4 is 10.2 Å². The number of hydrogen-bond acceptors (Lipinski definition) is 5. The average Bonchev–Trinajstić information content (AvgIpc) is 2.30. The molecule has 1 N–H and O–H groups in total. The SMILES string of the molecule is CCNc1ncc(F)c(N2CCOC(C)(C)C2)n1. The van der Waals surface area contributed by atoms with E-state index in [9.17, 15) is 4.39 Å². The lowest BCUT2D eigenvalue weighted by atomic mass is 10.1. The van der Waals surface area contributed by atoms with E-state index in [-0.39, 0.29) is 5.60 Å². The van der Waals surface area contributed by atoms with Crippen LogP contribution in [-0.2, 0) is 4.74 Å². The Bertz CT molecular complexity index is 425. The highest BCUT2D eigenvalue weighted by Gasteiger charge is 2.29. The molecule has 0 spiro atoms. The van der Waals surface area contributed by atoms with Crippen LogP contribution in [0, 0.1) is 5.82 Å². The van der Waals surface area contributed by atoms with E-state index in [1.54, 1.807) is 0 Å². The molecular weight excluding hydrogens is 235 g/mol. The van der Waals surface area contributed by atoms with Crippen molar-refractivity contribution in [1.29, 1.82) is 0 Å². The van der Waals surface area contributed by atoms with Crippen molar-refractivity contribution in [2.45, 2.75) is 26.4 Å². The van der Waals surface area contributed by atoms with Gasteiger partial charge in [0.05, 0.1) is 18.4 Å². The van der Waals surface area contributed by atoms with Gasteiger partial charge in [0.1, 0.15) is 0 Å². The van der Waals surface area contributed by atoms with Gasteiger partial charge in [-0.05, 0) is 20.8 Å². The third-order valence-corrected chi connectivity index (χ3v) is 2.79. The lowest BCUT2D eigenvalue weighted by Gasteiger charge is -2.38. The molecule has 0 saturated carbocycles. The molecule has 18 heavy (non-hydrogen) atoms. The number of ether oxygens (including phenoxy) is 1. The Kier molecular flexibility index (Phi) is 3.65. The first-order chi connectivity index (χ1) is 8.52. The zero-order valence-corrected chi connectivity index (χ0v) is 11.0. The molecular formula is C12H19FN4O. The van der Waals surface area contributed by atoms with Crippen LogP contribution >= 0.6 is 0 Å². The first kappa shape index (κ1) is 13.0. The summed E-state index contributed by atoms with van der Waals surface area (Å²) in [6.45, 7) is 8.47. The summed E-state index contributed by atoms with van der Waals surface area (Å²) in [5, 5.41) is 2.99. The molecule has 0 aromatic carbocycles. The van der Waals surface area contributed by atoms with Crippen molar-refractivity contribution in [3.63, 3.8) is 0 Å². The molecule has 0 bridgehead atoms. The third kappa shape index (κ3) is 2.87. The van der Waals surface area contributed by atoms with E-state index in [4.69, 9.17) is 4.74 Å². The maximum absolute atomic E-state index is 13.8. The van der Waals surface area contributed by atoms with Gasteiger partial charge in [0, 0.05) is 19.6 Å². The van der Waals surface area contributed by atoms with Gasteiger partial charge in [0.2, 0.25) is 5.95 Å². The van der Waals surface area contributed by atoms with Crippen LogP contribution in [0.25, 0.3) is 0 Å². The summed E-state index contributed by atoms with van der Waals surface area (Å²) >= 11 is 0. The number of hydrogen-bond donors (Lipinski definition) is 1. The average molecular weight is 254 g/mol. The number of morpholine rings is 1. The molecule has 6 heteroatoms. The van der Waals surface area contributed by atoms with Crippen LogP contribution in [0.3, 0.4) is 0 Å². The van der Waals surface area contributed by atoms with Crippen molar-refractivity contribution in [2.75, 3.05) is 36.5 Å². The maximum atomic E-state index is 13.8. The number of halogens is 1. The van der Waals surface area contributed by atoms with Gasteiger partial charge in [-0.1, -0.05) is 0 Å². The van der Waals surface area contributed by atoms with Crippen LogP contribution in [0.5, 0.6) is 0 Å². The number of anilines is 2. The summed E-state index contributed by atoms with van der Waals surface area (Å²) < 4.78 is 19.4. The number of aromatic nitrogens is 2. The van der Waals surface area contributed by atoms with Crippen LogP contribution in [0.1, 0.15) is 20.8 Å². The fourth-order valence-electron chi connectivity index (χ4n) is 2.02. The van der Waals surface area contributed by atoms with E-state index >= 15 is 0 Å². The Balaban J connectivity index is 2.23. The molecule has 1 aliphatic rings. The smallest absolute Gasteiger partial charge is 0.224 e. The van der Waals surface area contributed by atoms with Crippen molar-refractivity contribution < 1.29 is 9.13 Å². The lowest BCUT2D eigenvalue weighted by molar-refractivity contribution is -0.0280. The second-order valence-corrected chi connectivity index (χ2v) is 4.93. The Hall–Kier alpha value is -1.43. The van der Waals surface area contributed by atoms with E-state index in [2.05, 4.69) is 15.3 Å². The summed E-state index contributed by atoms with van der Waals surface area (Å²) in [6, 6.07) is 0. The van der Waals surface area contributed by atoms with Crippen LogP contribution in [-0.4, -0.2) is 41.8 Å². The van der Waals surface area contributed by atoms with Gasteiger partial charge >= 0.3 is 0 Å². The minimum atomic E-state index is -0.394. The Labute approximate surface area is 106 Å². The van der Waals surface area contributed by atoms with Crippen molar-refractivity contribution >= 4 is 11.8 Å². The summed E-state index contributed by atoms with van der Waals surface area (Å²) in [4.78, 5) is 10.0. The molecule has 2 heterocycles. The predicted molar refractivity (Wildman–Crippen MR) is 68.4 cm³/mol. The standard InChI is InChI=1S/C12H19FN4O/c1-4-14-11-15-7-9(13)10(16-11)17-5-6-18-12(2,3)8-17/h7H,4-6,8H2,1-3H3,(H,14,15,16). The zero-order chi connectivity index (χ0) is 13.2. The van der Waals surface area contributed by atoms with Crippen LogP contribution in [0.4, 0.5) is 16.2 Å². The first-order valence-electron chi connectivity index (χ1n) is 6.17. The van der Waals surface area contributed by atoms with Gasteiger partial charge in [-0.25, -0.2) is 9.37 Å². The predicted octanol–water partition coefficient (Wildman–Crippen LogP) is 1.66. The second kappa shape index (κ2) is 5.06. The van der Waals surface area contributed by atoms with Gasteiger partial charge in [-0.15, -0.1) is 0 Å². The monoisotopic (exact) mass is 254 g/mol. The molecule has 1 fully saturated rings. The minimum absolute atomic E-state index is 0.284. The highest BCUT2D eigenvalue weighted by atomic mass is 19.1. The fourth-order valence-corrected chi connectivity index (χ4v) is 2.02. The molecule has 0 unspecified atom stereocenters. The summed E-state index contributed by atoms with van der Waals surface area (Å²) in [6.07, 6.45) is 1.21. The molecule has 0 atom stereocenters. The Morgan fingerprint density at radius 2 is 2.33 bits per heavy atom. The number of nitrogens with zero attached hydrogens (tertiary/aromatic N) is 3. The van der Waals surface area contributed by atoms with E-state index in [1.807, 2.05) is 25.7 Å². The number of nitrogens with one attached hydrogen (secondary N) is 1. The highest BCUT2D eigenvalue weighted by Crippen LogP contribution is 2.24. The molecule has 1 aliphatic heterocycles. The lowest BCUT2D eigenvalue weighted by Crippen LogP contribution is -2.49. The van der Waals surface area contributed by atoms with E-state index in [1.165, 1.54) is 6.20 Å². The van der Waals surface area contributed by atoms with Crippen molar-refractivity contribution in [2.24, 2.45) is 0 Å². The fraction of sp³-hybridized carbons (Fsp3) is 0.667. The van der Waals surface area contributed by atoms with E-state index < -0.39 is 5.82 Å². The summed E-state index contributed by atoms with van der Waals surface area (Å²) in [5.74, 6) is 0.407. The molecule has 0 radical (unpaired) electrons. The molecule has 0 amide bonds. The van der Waals surface area contributed by atoms with Gasteiger partial charge < -0.3 is 15.0 Å². The molecule has 100 valence electrons. The van der Waals surface area contributed by atoms with Gasteiger partial charge in [-0.3, -0.25) is 0 Å². The molecule has 5 nitrogen and oxygen atoms in total. The second-order valence-electron chi connectivity index (χ2n) is 4.93. The molecule has 2 rings (SSSR count). The van der Waals surface area contributed by atoms with Crippen LogP contribution in [0.15, 0.2) is 6.20 Å². The first-order valence-corrected chi connectivity index (χ1v) is 6.17. The summed E-state index contributed by atoms with van der Waals surface area (Å²) in [5.41, 5.74) is -0.284. The maximum Gasteiger partial charge on any atom is 0.224 e. The van der Waals surface area contributed by atoms with Crippen LogP contribution in [0.2, 0.25) is 0 Å². The zero-order valence-electron chi connectivity index (χ0n) is 11.0. The summed E-state index contributed by atoms with van der Waals surface area (Å²) in [7, 11) is 0. The number of rotatable bonds is 3. The molecule has 1 saturated heterocycles. The van der Waals surface area contributed by atoms with E-state index in [0.29, 0.717) is 38.0 Å². The normalized spacial score (nSPS) is 18.8. The Morgan fingerprint density at radius 1 is 1.56 bits per heavy atom. The van der Waals surface area contributed by atoms with E-state index in [0.717, 1.165) is 0 Å². The third-order valence-electron chi connectivity index (χ3n) is 2.79. The molecule has 1 aromatic heterocycles. The highest BCUT2D eigenvalue weighted by molar-refractivity contribution is 5.44. The van der Waals surface area contributed by atoms with Gasteiger partial charge in [-0.2, -0.15) is 4.98 Å². The van der Waals surface area contributed by atoms with Crippen molar-refractivity contribution in [3.05, 3.63) is 12.0 Å².